The van der Waals surface area contributed by atoms with Crippen LogP contribution in [0.25, 0.3) is 11.4 Å². The molecular formula is C25H41ClN4O2. The van der Waals surface area contributed by atoms with Gasteiger partial charge in [0.25, 0.3) is 0 Å². The molecule has 0 bridgehead atoms. The topological polar surface area (TPSA) is 94.0 Å². The molecule has 3 N–H and O–H groups in total. The number of benzene rings is 1. The van der Waals surface area contributed by atoms with Crippen molar-refractivity contribution in [3.63, 3.8) is 0 Å². The summed E-state index contributed by atoms with van der Waals surface area (Å²) in [5.74, 6) is 0.899. The molecule has 0 aliphatic carbocycles. The van der Waals surface area contributed by atoms with E-state index in [2.05, 4.69) is 46.6 Å². The van der Waals surface area contributed by atoms with E-state index in [-0.39, 0.29) is 24.4 Å². The third-order valence-electron chi connectivity index (χ3n) is 5.60. The van der Waals surface area contributed by atoms with Crippen molar-refractivity contribution in [2.24, 2.45) is 5.73 Å². The number of nitrogens with two attached hydrogens (primary N) is 1. The predicted octanol–water partition coefficient (Wildman–Crippen LogP) is 6.15. The molecule has 180 valence electrons. The second-order valence-electron chi connectivity index (χ2n) is 8.42. The minimum atomic E-state index is -0.272. The van der Waals surface area contributed by atoms with E-state index in [4.69, 9.17) is 10.3 Å². The van der Waals surface area contributed by atoms with Crippen LogP contribution in [0.3, 0.4) is 0 Å². The van der Waals surface area contributed by atoms with Gasteiger partial charge in [0, 0.05) is 12.5 Å². The van der Waals surface area contributed by atoms with E-state index in [0.717, 1.165) is 31.2 Å². The minimum absolute atomic E-state index is 0. The number of halogens is 1. The van der Waals surface area contributed by atoms with Crippen LogP contribution in [0.15, 0.2) is 28.8 Å². The number of unbranched alkanes of at least 4 members (excludes halogenated alkanes) is 8. The van der Waals surface area contributed by atoms with Crippen LogP contribution in [0.1, 0.15) is 102 Å². The lowest BCUT2D eigenvalue weighted by atomic mass is 10.0. The first-order valence-corrected chi connectivity index (χ1v) is 12.0. The molecule has 0 radical (unpaired) electrons. The van der Waals surface area contributed by atoms with Crippen LogP contribution in [-0.4, -0.2) is 22.6 Å². The van der Waals surface area contributed by atoms with Crippen LogP contribution in [0, 0.1) is 0 Å². The van der Waals surface area contributed by atoms with Crippen molar-refractivity contribution in [3.8, 4) is 11.4 Å². The second-order valence-corrected chi connectivity index (χ2v) is 8.42. The van der Waals surface area contributed by atoms with E-state index >= 15 is 0 Å². The molecule has 6 nitrogen and oxygen atoms in total. The molecule has 32 heavy (non-hydrogen) atoms. The molecule has 0 saturated carbocycles. The van der Waals surface area contributed by atoms with Crippen LogP contribution in [0.4, 0.5) is 0 Å². The van der Waals surface area contributed by atoms with Gasteiger partial charge < -0.3 is 15.6 Å². The summed E-state index contributed by atoms with van der Waals surface area (Å²) in [5, 5.41) is 7.03. The van der Waals surface area contributed by atoms with Crippen molar-refractivity contribution in [3.05, 3.63) is 35.7 Å². The molecule has 0 aliphatic rings. The fourth-order valence-electron chi connectivity index (χ4n) is 3.77. The molecular weight excluding hydrogens is 424 g/mol. The van der Waals surface area contributed by atoms with Gasteiger partial charge in [-0.25, -0.2) is 0 Å². The predicted molar refractivity (Wildman–Crippen MR) is 133 cm³/mol. The number of hydrogen-bond donors (Lipinski definition) is 2. The SMILES string of the molecule is CCCCCCCCCCc1ccc(-c2noc([C@H](CCCCN)NC(C)=O)n2)cc1.Cl. The average molecular weight is 465 g/mol. The molecule has 7 heteroatoms. The van der Waals surface area contributed by atoms with Gasteiger partial charge in [0.15, 0.2) is 0 Å². The summed E-state index contributed by atoms with van der Waals surface area (Å²) in [5.41, 5.74) is 7.85. The smallest absolute Gasteiger partial charge is 0.249 e. The Labute approximate surface area is 199 Å². The van der Waals surface area contributed by atoms with Gasteiger partial charge in [-0.1, -0.05) is 81.3 Å². The summed E-state index contributed by atoms with van der Waals surface area (Å²) in [6.45, 7) is 4.39. The Morgan fingerprint density at radius 1 is 1.00 bits per heavy atom. The van der Waals surface area contributed by atoms with Crippen molar-refractivity contribution in [1.29, 1.82) is 0 Å². The average Bonchev–Trinajstić information content (AvgIpc) is 3.25. The van der Waals surface area contributed by atoms with Crippen molar-refractivity contribution in [1.82, 2.24) is 15.5 Å². The van der Waals surface area contributed by atoms with Gasteiger partial charge in [-0.2, -0.15) is 4.98 Å². The number of aryl methyl sites for hydroxylation is 1. The lowest BCUT2D eigenvalue weighted by Gasteiger charge is -2.13. The molecule has 1 atom stereocenters. The first-order chi connectivity index (χ1) is 15.1. The zero-order valence-corrected chi connectivity index (χ0v) is 20.6. The van der Waals surface area contributed by atoms with Gasteiger partial charge in [0.2, 0.25) is 17.6 Å². The zero-order chi connectivity index (χ0) is 22.3. The second kappa shape index (κ2) is 16.7. The highest BCUT2D eigenvalue weighted by molar-refractivity contribution is 5.85. The first kappa shape index (κ1) is 28.1. The molecule has 1 amide bonds. The van der Waals surface area contributed by atoms with Crippen LogP contribution in [-0.2, 0) is 11.2 Å². The molecule has 1 aromatic carbocycles. The van der Waals surface area contributed by atoms with Gasteiger partial charge in [-0.15, -0.1) is 12.4 Å². The standard InChI is InChI=1S/C25H40N4O2.ClH/c1-3-4-5-6-7-8-9-10-13-21-15-17-22(18-16-21)24-28-25(31-29-24)23(27-20(2)30)14-11-12-19-26;/h15-18,23H,3-14,19,26H2,1-2H3,(H,27,30);1H/t23-;/m0./s1. The Hall–Kier alpha value is -1.92. The van der Waals surface area contributed by atoms with Crippen LogP contribution in [0.5, 0.6) is 0 Å². The molecule has 0 aliphatic heterocycles. The maximum atomic E-state index is 11.5. The van der Waals surface area contributed by atoms with Gasteiger partial charge in [0.1, 0.15) is 6.04 Å². The van der Waals surface area contributed by atoms with Gasteiger partial charge in [0.05, 0.1) is 0 Å². The summed E-state index contributed by atoms with van der Waals surface area (Å²) >= 11 is 0. The summed E-state index contributed by atoms with van der Waals surface area (Å²) in [7, 11) is 0. The number of amides is 1. The highest BCUT2D eigenvalue weighted by Gasteiger charge is 2.20. The molecule has 2 aromatic rings. The van der Waals surface area contributed by atoms with E-state index < -0.39 is 0 Å². The number of hydrogen-bond acceptors (Lipinski definition) is 5. The molecule has 0 fully saturated rings. The van der Waals surface area contributed by atoms with Gasteiger partial charge in [-0.05, 0) is 44.2 Å². The molecule has 1 heterocycles. The Bertz CT molecular complexity index is 749. The zero-order valence-electron chi connectivity index (χ0n) is 19.8. The molecule has 0 unspecified atom stereocenters. The highest BCUT2D eigenvalue weighted by atomic mass is 35.5. The lowest BCUT2D eigenvalue weighted by Crippen LogP contribution is -2.26. The van der Waals surface area contributed by atoms with Crippen molar-refractivity contribution >= 4 is 18.3 Å². The third-order valence-corrected chi connectivity index (χ3v) is 5.60. The number of aromatic nitrogens is 2. The Kier molecular flexibility index (Phi) is 14.7. The fourth-order valence-corrected chi connectivity index (χ4v) is 3.77. The van der Waals surface area contributed by atoms with Crippen molar-refractivity contribution in [2.75, 3.05) is 6.54 Å². The van der Waals surface area contributed by atoms with Crippen LogP contribution >= 0.6 is 12.4 Å². The summed E-state index contributed by atoms with van der Waals surface area (Å²) in [4.78, 5) is 16.1. The van der Waals surface area contributed by atoms with Crippen LogP contribution in [0.2, 0.25) is 0 Å². The molecule has 1 aromatic heterocycles. The summed E-state index contributed by atoms with van der Waals surface area (Å²) < 4.78 is 5.46. The molecule has 0 spiro atoms. The highest BCUT2D eigenvalue weighted by Crippen LogP contribution is 2.23. The van der Waals surface area contributed by atoms with Crippen LogP contribution < -0.4 is 11.1 Å². The monoisotopic (exact) mass is 464 g/mol. The van der Waals surface area contributed by atoms with E-state index in [1.54, 1.807) is 0 Å². The van der Waals surface area contributed by atoms with Crippen molar-refractivity contribution in [2.45, 2.75) is 96.9 Å². The largest absolute Gasteiger partial charge is 0.345 e. The van der Waals surface area contributed by atoms with Crippen molar-refractivity contribution < 1.29 is 9.32 Å². The van der Waals surface area contributed by atoms with Gasteiger partial charge >= 0.3 is 0 Å². The number of nitrogens with zero attached hydrogens (tertiary/aromatic N) is 2. The van der Waals surface area contributed by atoms with E-state index in [1.807, 2.05) is 0 Å². The number of nitrogens with one attached hydrogen (secondary N) is 1. The number of rotatable bonds is 16. The fraction of sp³-hybridized carbons (Fsp3) is 0.640. The minimum Gasteiger partial charge on any atom is -0.345 e. The van der Waals surface area contributed by atoms with E-state index in [1.165, 1.54) is 63.9 Å². The maximum absolute atomic E-state index is 11.5. The number of carbonyl (C=O) groups is 1. The lowest BCUT2D eigenvalue weighted by molar-refractivity contribution is -0.119. The first-order valence-electron chi connectivity index (χ1n) is 12.0. The Morgan fingerprint density at radius 3 is 2.28 bits per heavy atom. The van der Waals surface area contributed by atoms with E-state index in [0.29, 0.717) is 18.3 Å². The third kappa shape index (κ3) is 10.6. The summed E-state index contributed by atoms with van der Waals surface area (Å²) in [6.07, 6.45) is 14.3. The molecule has 0 saturated heterocycles. The maximum Gasteiger partial charge on any atom is 0.249 e. The number of carbonyl (C=O) groups excluding carboxylic acids is 1. The Balaban J connectivity index is 0.00000512. The van der Waals surface area contributed by atoms with E-state index in [9.17, 15) is 4.79 Å². The quantitative estimate of drug-likeness (QED) is 0.290. The normalized spacial score (nSPS) is 11.7. The van der Waals surface area contributed by atoms with Gasteiger partial charge in [-0.3, -0.25) is 4.79 Å². The molecule has 2 rings (SSSR count). The summed E-state index contributed by atoms with van der Waals surface area (Å²) in [6, 6.07) is 8.14. The Morgan fingerprint density at radius 2 is 1.66 bits per heavy atom.